The number of hydroxylamine groups is 2. The third-order valence-corrected chi connectivity index (χ3v) is 3.56. The van der Waals surface area contributed by atoms with Crippen LogP contribution in [0.15, 0.2) is 0 Å². The zero-order chi connectivity index (χ0) is 10.9. The molecular weight excluding hydrogens is 194 g/mol. The summed E-state index contributed by atoms with van der Waals surface area (Å²) in [6.45, 7) is 2.05. The van der Waals surface area contributed by atoms with Crippen molar-refractivity contribution in [2.75, 3.05) is 6.54 Å². The predicted molar refractivity (Wildman–Crippen MR) is 53.8 cm³/mol. The Morgan fingerprint density at radius 1 is 1.53 bits per heavy atom. The van der Waals surface area contributed by atoms with Crippen molar-refractivity contribution in [2.24, 2.45) is 5.92 Å². The van der Waals surface area contributed by atoms with Gasteiger partial charge in [0.05, 0.1) is 6.42 Å². The topological polar surface area (TPSA) is 46.6 Å². The first-order valence-electron chi connectivity index (χ1n) is 5.59. The van der Waals surface area contributed by atoms with Crippen molar-refractivity contribution in [3.05, 3.63) is 0 Å². The highest BCUT2D eigenvalue weighted by Crippen LogP contribution is 2.42. The van der Waals surface area contributed by atoms with E-state index in [0.717, 1.165) is 12.8 Å². The molecular formula is C11H17NO3. The maximum absolute atomic E-state index is 11.6. The molecule has 2 rings (SSSR count). The van der Waals surface area contributed by atoms with Gasteiger partial charge >= 0.3 is 0 Å². The quantitative estimate of drug-likeness (QED) is 0.661. The van der Waals surface area contributed by atoms with Crippen molar-refractivity contribution in [3.8, 4) is 0 Å². The van der Waals surface area contributed by atoms with Gasteiger partial charge < -0.3 is 4.79 Å². The summed E-state index contributed by atoms with van der Waals surface area (Å²) in [5.41, 5.74) is -0.364. The van der Waals surface area contributed by atoms with Crippen LogP contribution in [0.4, 0.5) is 0 Å². The summed E-state index contributed by atoms with van der Waals surface area (Å²) in [4.78, 5) is 27.6. The van der Waals surface area contributed by atoms with E-state index in [1.165, 1.54) is 17.9 Å². The van der Waals surface area contributed by atoms with E-state index in [0.29, 0.717) is 18.6 Å². The van der Waals surface area contributed by atoms with Crippen LogP contribution >= 0.6 is 0 Å². The molecule has 84 valence electrons. The van der Waals surface area contributed by atoms with E-state index >= 15 is 0 Å². The molecule has 0 spiro atoms. The summed E-state index contributed by atoms with van der Waals surface area (Å²) in [7, 11) is 0. The molecule has 2 aliphatic rings. The van der Waals surface area contributed by atoms with E-state index in [-0.39, 0.29) is 18.1 Å². The van der Waals surface area contributed by atoms with Gasteiger partial charge in [0.25, 0.3) is 0 Å². The van der Waals surface area contributed by atoms with Crippen LogP contribution in [0.3, 0.4) is 0 Å². The van der Waals surface area contributed by atoms with Gasteiger partial charge in [-0.1, -0.05) is 12.8 Å². The molecule has 1 unspecified atom stereocenters. The van der Waals surface area contributed by atoms with Crippen LogP contribution in [0.5, 0.6) is 0 Å². The smallest absolute Gasteiger partial charge is 0.249 e. The number of carbonyl (C=O) groups is 2. The number of carbonyl (C=O) groups excluding carboxylic acids is 2. The molecule has 1 amide bonds. The van der Waals surface area contributed by atoms with E-state index in [1.807, 2.05) is 6.92 Å². The predicted octanol–water partition coefficient (Wildman–Crippen LogP) is 1.30. The van der Waals surface area contributed by atoms with Gasteiger partial charge in [0, 0.05) is 0 Å². The molecule has 1 saturated carbocycles. The highest BCUT2D eigenvalue weighted by molar-refractivity contribution is 5.80. The lowest BCUT2D eigenvalue weighted by molar-refractivity contribution is -0.206. The Hall–Kier alpha value is -0.900. The van der Waals surface area contributed by atoms with Crippen LogP contribution in [-0.4, -0.2) is 29.4 Å². The summed E-state index contributed by atoms with van der Waals surface area (Å²) in [5.74, 6) is 0.412. The van der Waals surface area contributed by atoms with Gasteiger partial charge in [-0.25, -0.2) is 5.06 Å². The molecule has 1 aliphatic heterocycles. The van der Waals surface area contributed by atoms with Gasteiger partial charge in [-0.05, 0) is 25.7 Å². The molecule has 0 N–H and O–H groups in total. The molecule has 2 fully saturated rings. The average molecular weight is 211 g/mol. The highest BCUT2D eigenvalue weighted by atomic mass is 16.7. The average Bonchev–Trinajstić information content (AvgIpc) is 2.77. The molecule has 0 bridgehead atoms. The Labute approximate surface area is 89.5 Å². The summed E-state index contributed by atoms with van der Waals surface area (Å²) >= 11 is 0. The van der Waals surface area contributed by atoms with Crippen molar-refractivity contribution in [2.45, 2.75) is 44.6 Å². The summed E-state index contributed by atoms with van der Waals surface area (Å²) < 4.78 is 0. The number of hydrogen-bond acceptors (Lipinski definition) is 3. The largest absolute Gasteiger partial charge is 0.301 e. The van der Waals surface area contributed by atoms with Crippen molar-refractivity contribution in [1.82, 2.24) is 5.06 Å². The molecule has 4 nitrogen and oxygen atoms in total. The van der Waals surface area contributed by atoms with E-state index in [4.69, 9.17) is 4.84 Å². The van der Waals surface area contributed by atoms with Crippen LogP contribution in [-0.2, 0) is 14.4 Å². The number of rotatable bonds is 3. The summed E-state index contributed by atoms with van der Waals surface area (Å²) in [6, 6.07) is 0. The second kappa shape index (κ2) is 3.93. The van der Waals surface area contributed by atoms with E-state index in [9.17, 15) is 9.59 Å². The normalized spacial score (nSPS) is 32.6. The third-order valence-electron chi connectivity index (χ3n) is 3.56. The third kappa shape index (κ3) is 1.91. The van der Waals surface area contributed by atoms with Crippen LogP contribution in [0.1, 0.15) is 39.0 Å². The Balaban J connectivity index is 2.04. The number of nitrogens with zero attached hydrogens (tertiary/aromatic N) is 1. The molecule has 4 heteroatoms. The number of amides is 1. The van der Waals surface area contributed by atoms with Crippen molar-refractivity contribution >= 4 is 12.2 Å². The zero-order valence-corrected chi connectivity index (χ0v) is 9.07. The molecule has 1 heterocycles. The molecule has 1 aliphatic carbocycles. The molecule has 1 atom stereocenters. The Morgan fingerprint density at radius 2 is 2.20 bits per heavy atom. The minimum absolute atomic E-state index is 0.0567. The lowest BCUT2D eigenvalue weighted by Crippen LogP contribution is -2.35. The van der Waals surface area contributed by atoms with Crippen molar-refractivity contribution < 1.29 is 14.4 Å². The van der Waals surface area contributed by atoms with Crippen molar-refractivity contribution in [3.63, 3.8) is 0 Å². The standard InChI is InChI=1S/C11H17NO3/c1-11(9-4-2-3-5-9)8-10(14)12(15-11)6-7-13/h7,9H,2-6,8H2,1H3. The first kappa shape index (κ1) is 10.6. The lowest BCUT2D eigenvalue weighted by atomic mass is 9.85. The maximum Gasteiger partial charge on any atom is 0.249 e. The van der Waals surface area contributed by atoms with Crippen LogP contribution < -0.4 is 0 Å². The first-order valence-corrected chi connectivity index (χ1v) is 5.59. The van der Waals surface area contributed by atoms with Gasteiger partial charge in [-0.2, -0.15) is 0 Å². The molecule has 15 heavy (non-hydrogen) atoms. The number of aldehydes is 1. The first-order chi connectivity index (χ1) is 7.15. The van der Waals surface area contributed by atoms with Gasteiger partial charge in [-0.15, -0.1) is 0 Å². The van der Waals surface area contributed by atoms with Gasteiger partial charge in [0.1, 0.15) is 18.4 Å². The lowest BCUT2D eigenvalue weighted by Gasteiger charge is -2.29. The van der Waals surface area contributed by atoms with Crippen LogP contribution in [0.2, 0.25) is 0 Å². The fraction of sp³-hybridized carbons (Fsp3) is 0.818. The second-order valence-corrected chi connectivity index (χ2v) is 4.68. The summed E-state index contributed by atoms with van der Waals surface area (Å²) in [5, 5.41) is 1.21. The van der Waals surface area contributed by atoms with E-state index in [1.54, 1.807) is 0 Å². The van der Waals surface area contributed by atoms with E-state index < -0.39 is 0 Å². The fourth-order valence-corrected chi connectivity index (χ4v) is 2.69. The fourth-order valence-electron chi connectivity index (χ4n) is 2.69. The van der Waals surface area contributed by atoms with Crippen molar-refractivity contribution in [1.29, 1.82) is 0 Å². The van der Waals surface area contributed by atoms with Gasteiger partial charge in [0.15, 0.2) is 0 Å². The Morgan fingerprint density at radius 3 is 2.80 bits per heavy atom. The second-order valence-electron chi connectivity index (χ2n) is 4.68. The monoisotopic (exact) mass is 211 g/mol. The zero-order valence-electron chi connectivity index (χ0n) is 9.07. The van der Waals surface area contributed by atoms with Crippen LogP contribution in [0, 0.1) is 5.92 Å². The number of hydrogen-bond donors (Lipinski definition) is 0. The minimum atomic E-state index is -0.364. The van der Waals surface area contributed by atoms with Gasteiger partial charge in [-0.3, -0.25) is 9.63 Å². The van der Waals surface area contributed by atoms with E-state index in [2.05, 4.69) is 0 Å². The van der Waals surface area contributed by atoms with Crippen LogP contribution in [0.25, 0.3) is 0 Å². The SMILES string of the molecule is CC1(C2CCCC2)CC(=O)N(CC=O)O1. The van der Waals surface area contributed by atoms with Gasteiger partial charge in [0.2, 0.25) is 5.91 Å². The molecule has 1 saturated heterocycles. The Kier molecular flexibility index (Phi) is 2.78. The molecule has 0 aromatic heterocycles. The molecule has 0 radical (unpaired) electrons. The molecule has 0 aromatic carbocycles. The minimum Gasteiger partial charge on any atom is -0.301 e. The summed E-state index contributed by atoms with van der Waals surface area (Å²) in [6.07, 6.45) is 5.86. The Bertz CT molecular complexity index is 273. The molecule has 0 aromatic rings. The highest BCUT2D eigenvalue weighted by Gasteiger charge is 2.47. The maximum atomic E-state index is 11.6.